The van der Waals surface area contributed by atoms with Gasteiger partial charge in [0.25, 0.3) is 11.7 Å². The minimum absolute atomic E-state index is 0.0705. The third-order valence-corrected chi connectivity index (χ3v) is 13.6. The number of ether oxygens (including phenoxy) is 2. The number of Topliss-reactive ketones (excluding diaryl/α,β-unsaturated/α-hetero) is 3. The molecule has 0 aromatic rings. The number of esters is 1. The lowest BCUT2D eigenvalue weighted by Crippen LogP contribution is -2.61. The molecular weight excluding hydrogens is 791 g/mol. The largest absolute Gasteiger partial charge is 0.460 e. The molecule has 3 fully saturated rings. The van der Waals surface area contributed by atoms with Crippen LogP contribution in [0.3, 0.4) is 0 Å². The lowest BCUT2D eigenvalue weighted by molar-refractivity contribution is -0.265. The van der Waals surface area contributed by atoms with Crippen LogP contribution in [0.25, 0.3) is 0 Å². The second-order valence-corrected chi connectivity index (χ2v) is 18.8. The molecule has 4 N–H and O–H groups in total. The number of rotatable bonds is 23. The van der Waals surface area contributed by atoms with E-state index >= 15 is 0 Å². The fraction of sp³-hybridized carbons (Fsp3) is 0.700. The Morgan fingerprint density at radius 1 is 0.855 bits per heavy atom. The van der Waals surface area contributed by atoms with E-state index in [-0.39, 0.29) is 73.6 Å². The van der Waals surface area contributed by atoms with Crippen molar-refractivity contribution in [1.29, 1.82) is 0 Å². The van der Waals surface area contributed by atoms with Gasteiger partial charge in [-0.3, -0.25) is 19.2 Å². The number of amides is 1. The normalized spacial score (nSPS) is 28.5. The van der Waals surface area contributed by atoms with E-state index in [2.05, 4.69) is 13.2 Å². The number of likely N-dealkylation sites (tertiary alicyclic amines) is 1. The molecule has 1 aliphatic carbocycles. The Morgan fingerprint density at radius 2 is 1.53 bits per heavy atom. The van der Waals surface area contributed by atoms with Crippen molar-refractivity contribution in [3.05, 3.63) is 60.8 Å². The van der Waals surface area contributed by atoms with Crippen molar-refractivity contribution in [1.82, 2.24) is 4.90 Å². The van der Waals surface area contributed by atoms with Crippen LogP contribution in [0, 0.1) is 35.5 Å². The van der Waals surface area contributed by atoms with Gasteiger partial charge in [-0.15, -0.1) is 6.58 Å². The van der Waals surface area contributed by atoms with Gasteiger partial charge in [0.2, 0.25) is 5.79 Å². The SMILES string of the molecule is C=C/C=C/C=C(\C)[C@@H](O)C[C@@H]1CC[C@@H](C)[C@](O)(C(=O)C(=O)N2CCCC[C@H]2C(=O)O[C@@H](CC(=O)[C@H](C)/C=C(\C)[C@@H](O)CC(=O)[C@H](C)C[C@@H](C)C=C)[C@H](C)CC2CCC(O)CC2)O1. The molecule has 3 rings (SSSR count). The molecule has 0 bridgehead atoms. The van der Waals surface area contributed by atoms with Gasteiger partial charge in [0.05, 0.1) is 24.4 Å². The average molecular weight is 868 g/mol. The van der Waals surface area contributed by atoms with Crippen LogP contribution in [0.2, 0.25) is 0 Å². The third-order valence-electron chi connectivity index (χ3n) is 13.6. The quantitative estimate of drug-likeness (QED) is 0.0356. The minimum Gasteiger partial charge on any atom is -0.460 e. The van der Waals surface area contributed by atoms with Crippen molar-refractivity contribution in [3.63, 3.8) is 0 Å². The van der Waals surface area contributed by atoms with E-state index in [9.17, 15) is 44.4 Å². The van der Waals surface area contributed by atoms with Crippen LogP contribution in [-0.2, 0) is 33.4 Å². The Balaban J connectivity index is 1.78. The molecular formula is C50H77NO11. The van der Waals surface area contributed by atoms with Crippen molar-refractivity contribution < 1.29 is 53.9 Å². The summed E-state index contributed by atoms with van der Waals surface area (Å²) in [6.07, 6.45) is 12.7. The zero-order chi connectivity index (χ0) is 46.3. The van der Waals surface area contributed by atoms with Crippen LogP contribution < -0.4 is 0 Å². The predicted octanol–water partition coefficient (Wildman–Crippen LogP) is 7.08. The highest BCUT2D eigenvalue weighted by Crippen LogP contribution is 2.37. The number of carbonyl (C=O) groups excluding carboxylic acids is 5. The Hall–Kier alpha value is -3.55. The second kappa shape index (κ2) is 25.1. The van der Waals surface area contributed by atoms with Crippen LogP contribution >= 0.6 is 0 Å². The van der Waals surface area contributed by atoms with E-state index in [1.165, 1.54) is 4.90 Å². The van der Waals surface area contributed by atoms with Gasteiger partial charge in [0.15, 0.2) is 0 Å². The number of ketones is 3. The highest BCUT2D eigenvalue weighted by molar-refractivity contribution is 6.39. The molecule has 0 unspecified atom stereocenters. The molecule has 348 valence electrons. The fourth-order valence-corrected chi connectivity index (χ4v) is 9.00. The zero-order valence-corrected chi connectivity index (χ0v) is 38.5. The maximum absolute atomic E-state index is 14.2. The van der Waals surface area contributed by atoms with E-state index in [0.717, 1.165) is 12.8 Å². The smallest absolute Gasteiger partial charge is 0.329 e. The third kappa shape index (κ3) is 15.3. The molecule has 2 aliphatic heterocycles. The molecule has 62 heavy (non-hydrogen) atoms. The molecule has 1 saturated carbocycles. The maximum Gasteiger partial charge on any atom is 0.329 e. The number of hydrogen-bond donors (Lipinski definition) is 4. The first kappa shape index (κ1) is 52.8. The highest BCUT2D eigenvalue weighted by Gasteiger charge is 2.53. The first-order valence-electron chi connectivity index (χ1n) is 23.0. The summed E-state index contributed by atoms with van der Waals surface area (Å²) in [5.41, 5.74) is 1.15. The molecule has 11 atom stereocenters. The van der Waals surface area contributed by atoms with E-state index in [1.54, 1.807) is 64.2 Å². The van der Waals surface area contributed by atoms with Crippen molar-refractivity contribution in [2.75, 3.05) is 6.54 Å². The number of allylic oxidation sites excluding steroid dienone is 6. The zero-order valence-electron chi connectivity index (χ0n) is 38.5. The molecule has 2 heterocycles. The molecule has 0 aromatic heterocycles. The highest BCUT2D eigenvalue weighted by atomic mass is 16.6. The number of nitrogens with zero attached hydrogens (tertiary/aromatic N) is 1. The fourth-order valence-electron chi connectivity index (χ4n) is 9.00. The summed E-state index contributed by atoms with van der Waals surface area (Å²) in [7, 11) is 0. The Kier molecular flexibility index (Phi) is 21.3. The first-order chi connectivity index (χ1) is 29.2. The standard InChI is InChI=1S/C50H77NO11/c1-10-12-13-16-32(4)42(53)28-40-23-18-37(9)50(60,62-40)47(57)48(58)51-24-15-14-17-41(51)49(59)61-46(36(8)27-38-19-21-39(52)22-20-38)30-45(56)35(7)26-34(6)44(55)29-43(54)33(5)25-31(3)11-2/h10-13,16,26,31,33,35-42,44,46,52-53,55,60H,1-2,14-15,17-25,27-30H2,3-9H3/b13-12+,32-16+,34-26+/t31-,33+,35+,36+,37+,38?,39?,40-,41-,42-,44-,46-,50+/m0/s1. The summed E-state index contributed by atoms with van der Waals surface area (Å²) < 4.78 is 12.2. The number of carbonyl (C=O) groups is 5. The van der Waals surface area contributed by atoms with Crippen molar-refractivity contribution in [3.8, 4) is 0 Å². The summed E-state index contributed by atoms with van der Waals surface area (Å²) in [4.78, 5) is 70.2. The van der Waals surface area contributed by atoms with Gasteiger partial charge in [-0.2, -0.15) is 0 Å². The Labute approximate surface area is 370 Å². The topological polar surface area (TPSA) is 188 Å². The van der Waals surface area contributed by atoms with Gasteiger partial charge in [0.1, 0.15) is 23.7 Å². The van der Waals surface area contributed by atoms with Gasteiger partial charge in [-0.25, -0.2) is 4.79 Å². The summed E-state index contributed by atoms with van der Waals surface area (Å²) in [6, 6.07) is -1.13. The monoisotopic (exact) mass is 868 g/mol. The average Bonchev–Trinajstić information content (AvgIpc) is 3.24. The van der Waals surface area contributed by atoms with E-state index in [1.807, 2.05) is 20.8 Å². The van der Waals surface area contributed by atoms with Gasteiger partial charge >= 0.3 is 5.97 Å². The van der Waals surface area contributed by atoms with Gasteiger partial charge in [0, 0.05) is 43.6 Å². The van der Waals surface area contributed by atoms with E-state index < -0.39 is 65.7 Å². The van der Waals surface area contributed by atoms with Crippen molar-refractivity contribution in [2.45, 2.75) is 181 Å². The van der Waals surface area contributed by atoms with Crippen molar-refractivity contribution >= 4 is 29.2 Å². The van der Waals surface area contributed by atoms with Crippen LogP contribution in [0.5, 0.6) is 0 Å². The maximum atomic E-state index is 14.2. The van der Waals surface area contributed by atoms with Crippen LogP contribution in [0.4, 0.5) is 0 Å². The number of piperidine rings is 1. The molecule has 0 aromatic carbocycles. The van der Waals surface area contributed by atoms with E-state index in [4.69, 9.17) is 9.47 Å². The number of aliphatic hydroxyl groups is 4. The van der Waals surface area contributed by atoms with Gasteiger partial charge in [-0.05, 0) is 113 Å². The van der Waals surface area contributed by atoms with Gasteiger partial charge < -0.3 is 34.8 Å². The lowest BCUT2D eigenvalue weighted by atomic mass is 9.79. The van der Waals surface area contributed by atoms with Crippen LogP contribution in [0.1, 0.15) is 138 Å². The Morgan fingerprint density at radius 3 is 2.18 bits per heavy atom. The number of aliphatic hydroxyl groups excluding tert-OH is 3. The predicted molar refractivity (Wildman–Crippen MR) is 239 cm³/mol. The molecule has 12 heteroatoms. The molecule has 3 aliphatic rings. The lowest BCUT2D eigenvalue weighted by Gasteiger charge is -2.42. The molecule has 12 nitrogen and oxygen atoms in total. The summed E-state index contributed by atoms with van der Waals surface area (Å²) in [5.74, 6) is -7.22. The molecule has 1 amide bonds. The van der Waals surface area contributed by atoms with Gasteiger partial charge in [-0.1, -0.05) is 77.7 Å². The molecule has 2 saturated heterocycles. The second-order valence-electron chi connectivity index (χ2n) is 18.8. The summed E-state index contributed by atoms with van der Waals surface area (Å²) in [6.45, 7) is 20.0. The summed E-state index contributed by atoms with van der Waals surface area (Å²) >= 11 is 0. The van der Waals surface area contributed by atoms with Crippen LogP contribution in [0.15, 0.2) is 60.8 Å². The Bertz CT molecular complexity index is 1640. The summed E-state index contributed by atoms with van der Waals surface area (Å²) in [5, 5.41) is 43.6. The van der Waals surface area contributed by atoms with Crippen LogP contribution in [-0.4, -0.2) is 103 Å². The number of hydrogen-bond acceptors (Lipinski definition) is 11. The minimum atomic E-state index is -2.46. The van der Waals surface area contributed by atoms with E-state index in [0.29, 0.717) is 62.5 Å². The van der Waals surface area contributed by atoms with Crippen molar-refractivity contribution in [2.24, 2.45) is 35.5 Å². The molecule has 0 radical (unpaired) electrons. The first-order valence-corrected chi connectivity index (χ1v) is 23.0. The molecule has 0 spiro atoms.